The number of aromatic nitrogens is 1. The number of hydrogen-bond donors (Lipinski definition) is 1. The molecule has 0 radical (unpaired) electrons. The summed E-state index contributed by atoms with van der Waals surface area (Å²) in [6.07, 6.45) is 3.13. The molecular formula is C12H14N2O2. The molecule has 2 aromatic rings. The highest BCUT2D eigenvalue weighted by Gasteiger charge is 1.95. The summed E-state index contributed by atoms with van der Waals surface area (Å²) < 4.78 is 10.6. The Morgan fingerprint density at radius 2 is 2.12 bits per heavy atom. The van der Waals surface area contributed by atoms with E-state index in [1.165, 1.54) is 6.39 Å². The molecule has 0 saturated heterocycles. The zero-order chi connectivity index (χ0) is 11.1. The number of para-hydroxylation sites is 1. The van der Waals surface area contributed by atoms with Crippen molar-refractivity contribution in [3.05, 3.63) is 48.7 Å². The van der Waals surface area contributed by atoms with Crippen molar-refractivity contribution in [1.82, 2.24) is 10.3 Å². The van der Waals surface area contributed by atoms with Crippen molar-refractivity contribution < 1.29 is 9.15 Å². The zero-order valence-corrected chi connectivity index (χ0v) is 8.93. The van der Waals surface area contributed by atoms with Crippen molar-refractivity contribution in [3.8, 4) is 5.75 Å². The number of nitrogens with zero attached hydrogens (tertiary/aromatic N) is 1. The minimum absolute atomic E-state index is 0.637. The van der Waals surface area contributed by atoms with Crippen molar-refractivity contribution >= 4 is 0 Å². The predicted molar refractivity (Wildman–Crippen MR) is 60.1 cm³/mol. The van der Waals surface area contributed by atoms with Crippen molar-refractivity contribution in [2.24, 2.45) is 0 Å². The van der Waals surface area contributed by atoms with Crippen LogP contribution in [0.25, 0.3) is 0 Å². The zero-order valence-electron chi connectivity index (χ0n) is 8.93. The first-order chi connectivity index (χ1) is 7.95. The van der Waals surface area contributed by atoms with Crippen LogP contribution in [0.5, 0.6) is 5.75 Å². The lowest BCUT2D eigenvalue weighted by atomic mass is 10.3. The van der Waals surface area contributed by atoms with Gasteiger partial charge in [-0.1, -0.05) is 18.2 Å². The fourth-order valence-corrected chi connectivity index (χ4v) is 1.30. The van der Waals surface area contributed by atoms with Gasteiger partial charge in [-0.05, 0) is 12.1 Å². The van der Waals surface area contributed by atoms with E-state index in [4.69, 9.17) is 9.15 Å². The molecule has 4 heteroatoms. The molecule has 0 bridgehead atoms. The molecule has 0 aliphatic carbocycles. The molecule has 0 fully saturated rings. The van der Waals surface area contributed by atoms with E-state index in [0.29, 0.717) is 13.2 Å². The highest BCUT2D eigenvalue weighted by molar-refractivity contribution is 5.20. The average molecular weight is 218 g/mol. The smallest absolute Gasteiger partial charge is 0.180 e. The van der Waals surface area contributed by atoms with Crippen molar-refractivity contribution in [2.45, 2.75) is 6.54 Å². The van der Waals surface area contributed by atoms with E-state index in [1.807, 2.05) is 30.3 Å². The molecule has 0 aliphatic rings. The third-order valence-corrected chi connectivity index (χ3v) is 2.07. The summed E-state index contributed by atoms with van der Waals surface area (Å²) in [6.45, 7) is 2.09. The summed E-state index contributed by atoms with van der Waals surface area (Å²) in [5.74, 6) is 1.73. The number of ether oxygens (including phenoxy) is 1. The largest absolute Gasteiger partial charge is 0.492 e. The van der Waals surface area contributed by atoms with E-state index in [1.54, 1.807) is 6.20 Å². The SMILES string of the molecule is c1ccc(OCCNCc2cnco2)cc1. The maximum Gasteiger partial charge on any atom is 0.180 e. The Morgan fingerprint density at radius 3 is 2.88 bits per heavy atom. The van der Waals surface area contributed by atoms with E-state index < -0.39 is 0 Å². The molecule has 2 rings (SSSR count). The van der Waals surface area contributed by atoms with Crippen LogP contribution in [0.2, 0.25) is 0 Å². The van der Waals surface area contributed by atoms with Crippen LogP contribution in [-0.4, -0.2) is 18.1 Å². The second-order valence-corrected chi connectivity index (χ2v) is 3.31. The first-order valence-electron chi connectivity index (χ1n) is 5.21. The minimum atomic E-state index is 0.637. The van der Waals surface area contributed by atoms with Gasteiger partial charge < -0.3 is 14.5 Å². The maximum atomic E-state index is 5.52. The topological polar surface area (TPSA) is 47.3 Å². The second-order valence-electron chi connectivity index (χ2n) is 3.31. The van der Waals surface area contributed by atoms with Crippen LogP contribution in [0, 0.1) is 0 Å². The van der Waals surface area contributed by atoms with E-state index in [-0.39, 0.29) is 0 Å². The van der Waals surface area contributed by atoms with Gasteiger partial charge in [0.15, 0.2) is 6.39 Å². The Kier molecular flexibility index (Phi) is 3.96. The van der Waals surface area contributed by atoms with Crippen molar-refractivity contribution in [3.63, 3.8) is 0 Å². The van der Waals surface area contributed by atoms with E-state index in [9.17, 15) is 0 Å². The van der Waals surface area contributed by atoms with Crippen LogP contribution in [0.1, 0.15) is 5.76 Å². The van der Waals surface area contributed by atoms with Gasteiger partial charge in [0.2, 0.25) is 0 Å². The van der Waals surface area contributed by atoms with E-state index in [2.05, 4.69) is 10.3 Å². The number of nitrogens with one attached hydrogen (secondary N) is 1. The molecule has 16 heavy (non-hydrogen) atoms. The number of benzene rings is 1. The summed E-state index contributed by atoms with van der Waals surface area (Å²) in [7, 11) is 0. The molecular weight excluding hydrogens is 204 g/mol. The van der Waals surface area contributed by atoms with Crippen LogP contribution in [0.15, 0.2) is 47.3 Å². The highest BCUT2D eigenvalue weighted by atomic mass is 16.5. The van der Waals surface area contributed by atoms with Crippen LogP contribution in [0.4, 0.5) is 0 Å². The summed E-state index contributed by atoms with van der Waals surface area (Å²) in [4.78, 5) is 3.83. The molecule has 0 aliphatic heterocycles. The van der Waals surface area contributed by atoms with Gasteiger partial charge in [-0.15, -0.1) is 0 Å². The van der Waals surface area contributed by atoms with Crippen LogP contribution >= 0.6 is 0 Å². The lowest BCUT2D eigenvalue weighted by molar-refractivity contribution is 0.311. The Labute approximate surface area is 94.3 Å². The number of rotatable bonds is 6. The Hall–Kier alpha value is -1.81. The van der Waals surface area contributed by atoms with Gasteiger partial charge in [0.25, 0.3) is 0 Å². The standard InChI is InChI=1S/C12H14N2O2/c1-2-4-11(5-3-1)15-7-6-13-8-12-9-14-10-16-12/h1-5,9-10,13H,6-8H2. The molecule has 0 spiro atoms. The summed E-state index contributed by atoms with van der Waals surface area (Å²) in [6, 6.07) is 9.76. The summed E-state index contributed by atoms with van der Waals surface area (Å²) >= 11 is 0. The first-order valence-corrected chi connectivity index (χ1v) is 5.21. The third-order valence-electron chi connectivity index (χ3n) is 2.07. The Morgan fingerprint density at radius 1 is 1.25 bits per heavy atom. The fourth-order valence-electron chi connectivity index (χ4n) is 1.30. The first kappa shape index (κ1) is 10.7. The Balaban J connectivity index is 1.59. The minimum Gasteiger partial charge on any atom is -0.492 e. The van der Waals surface area contributed by atoms with Gasteiger partial charge in [-0.25, -0.2) is 4.98 Å². The predicted octanol–water partition coefficient (Wildman–Crippen LogP) is 1.84. The average Bonchev–Trinajstić information content (AvgIpc) is 2.83. The molecule has 4 nitrogen and oxygen atoms in total. The van der Waals surface area contributed by atoms with Crippen LogP contribution < -0.4 is 10.1 Å². The monoisotopic (exact) mass is 218 g/mol. The van der Waals surface area contributed by atoms with Gasteiger partial charge >= 0.3 is 0 Å². The number of oxazole rings is 1. The number of hydrogen-bond acceptors (Lipinski definition) is 4. The molecule has 0 saturated carbocycles. The summed E-state index contributed by atoms with van der Waals surface area (Å²) in [5, 5.41) is 3.20. The van der Waals surface area contributed by atoms with Gasteiger partial charge in [0.05, 0.1) is 12.7 Å². The van der Waals surface area contributed by atoms with E-state index >= 15 is 0 Å². The summed E-state index contributed by atoms with van der Waals surface area (Å²) in [5.41, 5.74) is 0. The molecule has 1 N–H and O–H groups in total. The van der Waals surface area contributed by atoms with Gasteiger partial charge in [0.1, 0.15) is 18.1 Å². The molecule has 1 heterocycles. The maximum absolute atomic E-state index is 5.52. The van der Waals surface area contributed by atoms with Crippen molar-refractivity contribution in [1.29, 1.82) is 0 Å². The van der Waals surface area contributed by atoms with Crippen LogP contribution in [-0.2, 0) is 6.54 Å². The molecule has 1 aromatic carbocycles. The van der Waals surface area contributed by atoms with Gasteiger partial charge in [-0.2, -0.15) is 0 Å². The molecule has 1 aromatic heterocycles. The van der Waals surface area contributed by atoms with E-state index in [0.717, 1.165) is 18.1 Å². The lowest BCUT2D eigenvalue weighted by Gasteiger charge is -2.05. The molecule has 0 unspecified atom stereocenters. The van der Waals surface area contributed by atoms with Gasteiger partial charge in [-0.3, -0.25) is 0 Å². The second kappa shape index (κ2) is 5.92. The quantitative estimate of drug-likeness (QED) is 0.751. The third kappa shape index (κ3) is 3.40. The fraction of sp³-hybridized carbons (Fsp3) is 0.250. The normalized spacial score (nSPS) is 10.2. The molecule has 84 valence electrons. The Bertz CT molecular complexity index is 387. The molecule has 0 amide bonds. The highest BCUT2D eigenvalue weighted by Crippen LogP contribution is 2.07. The van der Waals surface area contributed by atoms with Gasteiger partial charge in [0, 0.05) is 6.54 Å². The molecule has 0 atom stereocenters. The van der Waals surface area contributed by atoms with Crippen molar-refractivity contribution in [2.75, 3.05) is 13.2 Å². The lowest BCUT2D eigenvalue weighted by Crippen LogP contribution is -2.20. The van der Waals surface area contributed by atoms with Crippen LogP contribution in [0.3, 0.4) is 0 Å².